The third kappa shape index (κ3) is 6.26. The van der Waals surface area contributed by atoms with Crippen molar-refractivity contribution in [3.8, 4) is 5.75 Å². The molecule has 1 aromatic heterocycles. The van der Waals surface area contributed by atoms with E-state index in [1.54, 1.807) is 7.11 Å². The van der Waals surface area contributed by atoms with Crippen molar-refractivity contribution in [2.45, 2.75) is 26.8 Å². The minimum absolute atomic E-state index is 0.527. The van der Waals surface area contributed by atoms with Crippen LogP contribution >= 0.6 is 0 Å². The number of H-pyrrole nitrogens is 1. The third-order valence-corrected chi connectivity index (χ3v) is 4.79. The first-order valence-corrected chi connectivity index (χ1v) is 10.5. The van der Waals surface area contributed by atoms with E-state index in [9.17, 15) is 0 Å². The van der Waals surface area contributed by atoms with Gasteiger partial charge in [-0.15, -0.1) is 0 Å². The fraction of sp³-hybridized carbons (Fsp3) is 0.375. The van der Waals surface area contributed by atoms with E-state index < -0.39 is 0 Å². The maximum atomic E-state index is 5.88. The summed E-state index contributed by atoms with van der Waals surface area (Å²) in [5.74, 6) is 1.67. The number of aryl methyl sites for hydroxylation is 1. The molecular formula is C24H32N4O2. The van der Waals surface area contributed by atoms with E-state index in [2.05, 4.69) is 78.0 Å². The van der Waals surface area contributed by atoms with E-state index >= 15 is 0 Å². The van der Waals surface area contributed by atoms with Crippen LogP contribution in [0, 0.1) is 6.92 Å². The van der Waals surface area contributed by atoms with Crippen LogP contribution in [-0.4, -0.2) is 44.4 Å². The number of benzene rings is 2. The van der Waals surface area contributed by atoms with Crippen molar-refractivity contribution in [1.29, 1.82) is 0 Å². The molecule has 2 aromatic carbocycles. The Hall–Kier alpha value is -2.99. The van der Waals surface area contributed by atoms with E-state index in [0.717, 1.165) is 36.8 Å². The summed E-state index contributed by atoms with van der Waals surface area (Å²) in [6.07, 6.45) is 0.898. The molecule has 0 saturated heterocycles. The monoisotopic (exact) mass is 408 g/mol. The molecule has 0 bridgehead atoms. The topological polar surface area (TPSA) is 70.7 Å². The highest BCUT2D eigenvalue weighted by Gasteiger charge is 2.06. The molecule has 3 N–H and O–H groups in total. The van der Waals surface area contributed by atoms with Crippen molar-refractivity contribution >= 4 is 16.9 Å². The molecule has 3 aromatic rings. The van der Waals surface area contributed by atoms with Gasteiger partial charge in [-0.1, -0.05) is 30.3 Å². The maximum Gasteiger partial charge on any atom is 0.191 e. The molecule has 0 aliphatic heterocycles. The second kappa shape index (κ2) is 11.3. The first-order chi connectivity index (χ1) is 14.7. The number of aliphatic imine (C=N–C) groups is 1. The summed E-state index contributed by atoms with van der Waals surface area (Å²) < 4.78 is 11.0. The zero-order valence-corrected chi connectivity index (χ0v) is 18.1. The highest BCUT2D eigenvalue weighted by Crippen LogP contribution is 2.21. The Kier molecular flexibility index (Phi) is 8.15. The van der Waals surface area contributed by atoms with Crippen LogP contribution in [0.1, 0.15) is 23.7 Å². The minimum Gasteiger partial charge on any atom is -0.491 e. The number of aromatic nitrogens is 1. The van der Waals surface area contributed by atoms with Gasteiger partial charge in [-0.25, -0.2) is 4.99 Å². The lowest BCUT2D eigenvalue weighted by Gasteiger charge is -2.13. The van der Waals surface area contributed by atoms with Crippen LogP contribution in [0.25, 0.3) is 10.9 Å². The molecular weight excluding hydrogens is 376 g/mol. The van der Waals surface area contributed by atoms with Crippen LogP contribution in [0.2, 0.25) is 0 Å². The molecule has 0 radical (unpaired) electrons. The number of para-hydroxylation sites is 1. The fourth-order valence-electron chi connectivity index (χ4n) is 3.25. The number of nitrogens with one attached hydrogen (secondary N) is 3. The summed E-state index contributed by atoms with van der Waals surface area (Å²) >= 11 is 0. The zero-order valence-electron chi connectivity index (χ0n) is 18.1. The Bertz CT molecular complexity index is 932. The van der Waals surface area contributed by atoms with Crippen molar-refractivity contribution in [3.05, 3.63) is 65.4 Å². The highest BCUT2D eigenvalue weighted by molar-refractivity contribution is 5.81. The van der Waals surface area contributed by atoms with Crippen LogP contribution in [-0.2, 0) is 17.7 Å². The van der Waals surface area contributed by atoms with Crippen LogP contribution in [0.4, 0.5) is 0 Å². The Labute approximate surface area is 178 Å². The van der Waals surface area contributed by atoms with E-state index in [-0.39, 0.29) is 0 Å². The van der Waals surface area contributed by atoms with Crippen LogP contribution in [0.5, 0.6) is 5.75 Å². The van der Waals surface area contributed by atoms with Gasteiger partial charge in [-0.05, 0) is 43.0 Å². The Morgan fingerprint density at radius 2 is 1.93 bits per heavy atom. The number of fused-ring (bicyclic) bond motifs is 1. The number of ether oxygens (including phenoxy) is 2. The van der Waals surface area contributed by atoms with E-state index in [4.69, 9.17) is 14.5 Å². The lowest BCUT2D eigenvalue weighted by atomic mass is 10.1. The molecule has 6 nitrogen and oxygen atoms in total. The Morgan fingerprint density at radius 3 is 2.73 bits per heavy atom. The van der Waals surface area contributed by atoms with Gasteiger partial charge in [0.05, 0.1) is 13.2 Å². The van der Waals surface area contributed by atoms with Gasteiger partial charge < -0.3 is 25.1 Å². The van der Waals surface area contributed by atoms with Gasteiger partial charge in [0.25, 0.3) is 0 Å². The molecule has 30 heavy (non-hydrogen) atoms. The van der Waals surface area contributed by atoms with E-state index in [0.29, 0.717) is 19.8 Å². The lowest BCUT2D eigenvalue weighted by Crippen LogP contribution is -2.38. The van der Waals surface area contributed by atoms with Gasteiger partial charge in [-0.2, -0.15) is 0 Å². The predicted molar refractivity (Wildman–Crippen MR) is 123 cm³/mol. The normalized spacial score (nSPS) is 11.6. The minimum atomic E-state index is 0.527. The summed E-state index contributed by atoms with van der Waals surface area (Å²) in [7, 11) is 1.68. The second-order valence-electron chi connectivity index (χ2n) is 7.21. The first kappa shape index (κ1) is 21.7. The van der Waals surface area contributed by atoms with Gasteiger partial charge >= 0.3 is 0 Å². The van der Waals surface area contributed by atoms with Gasteiger partial charge in [0, 0.05) is 43.4 Å². The summed E-state index contributed by atoms with van der Waals surface area (Å²) in [6, 6.07) is 16.8. The van der Waals surface area contributed by atoms with Crippen LogP contribution in [0.3, 0.4) is 0 Å². The number of methoxy groups -OCH3 is 1. The van der Waals surface area contributed by atoms with E-state index in [1.807, 2.05) is 0 Å². The van der Waals surface area contributed by atoms with Crippen molar-refractivity contribution in [1.82, 2.24) is 15.6 Å². The van der Waals surface area contributed by atoms with Crippen LogP contribution < -0.4 is 15.4 Å². The molecule has 0 spiro atoms. The maximum absolute atomic E-state index is 5.88. The molecule has 0 fully saturated rings. The standard InChI is InChI=1S/C24H32N4O2/c1-4-25-24(26-12-11-21-16-19-7-5-6-8-22(19)28-21)27-17-20-10-9-18(2)15-23(20)30-14-13-29-3/h5-10,15-16,28H,4,11-14,17H2,1-3H3,(H2,25,26,27). The quantitative estimate of drug-likeness (QED) is 0.271. The summed E-state index contributed by atoms with van der Waals surface area (Å²) in [5, 5.41) is 7.99. The van der Waals surface area contributed by atoms with Gasteiger partial charge in [0.15, 0.2) is 5.96 Å². The second-order valence-corrected chi connectivity index (χ2v) is 7.21. The third-order valence-electron chi connectivity index (χ3n) is 4.79. The average molecular weight is 409 g/mol. The molecule has 0 aliphatic rings. The smallest absolute Gasteiger partial charge is 0.191 e. The van der Waals surface area contributed by atoms with Gasteiger partial charge in [-0.3, -0.25) is 0 Å². The molecule has 160 valence electrons. The van der Waals surface area contributed by atoms with E-state index in [1.165, 1.54) is 22.2 Å². The Morgan fingerprint density at radius 1 is 1.07 bits per heavy atom. The molecule has 0 aliphatic carbocycles. The molecule has 0 unspecified atom stereocenters. The zero-order chi connectivity index (χ0) is 21.2. The number of nitrogens with zero attached hydrogens (tertiary/aromatic N) is 1. The summed E-state index contributed by atoms with van der Waals surface area (Å²) in [6.45, 7) is 7.37. The molecule has 6 heteroatoms. The van der Waals surface area contributed by atoms with Crippen molar-refractivity contribution in [2.24, 2.45) is 4.99 Å². The average Bonchev–Trinajstić information content (AvgIpc) is 3.16. The molecule has 0 amide bonds. The van der Waals surface area contributed by atoms with Gasteiger partial charge in [0.2, 0.25) is 0 Å². The molecule has 0 saturated carbocycles. The first-order valence-electron chi connectivity index (χ1n) is 10.5. The summed E-state index contributed by atoms with van der Waals surface area (Å²) in [4.78, 5) is 8.22. The molecule has 1 heterocycles. The van der Waals surface area contributed by atoms with Gasteiger partial charge in [0.1, 0.15) is 12.4 Å². The number of hydrogen-bond acceptors (Lipinski definition) is 3. The van der Waals surface area contributed by atoms with Crippen molar-refractivity contribution in [3.63, 3.8) is 0 Å². The highest BCUT2D eigenvalue weighted by atomic mass is 16.5. The molecule has 0 atom stereocenters. The SMILES string of the molecule is CCNC(=NCc1ccc(C)cc1OCCOC)NCCc1cc2ccccc2[nH]1. The number of rotatable bonds is 10. The molecule has 3 rings (SSSR count). The lowest BCUT2D eigenvalue weighted by molar-refractivity contribution is 0.145. The Balaban J connectivity index is 1.60. The number of guanidine groups is 1. The van der Waals surface area contributed by atoms with Crippen molar-refractivity contribution < 1.29 is 9.47 Å². The predicted octanol–water partition coefficient (Wildman–Crippen LogP) is 3.80. The fourth-order valence-corrected chi connectivity index (χ4v) is 3.25. The van der Waals surface area contributed by atoms with Crippen LogP contribution in [0.15, 0.2) is 53.5 Å². The van der Waals surface area contributed by atoms with Crippen molar-refractivity contribution in [2.75, 3.05) is 33.4 Å². The number of aromatic amines is 1. The number of hydrogen-bond donors (Lipinski definition) is 3. The largest absolute Gasteiger partial charge is 0.491 e. The summed E-state index contributed by atoms with van der Waals surface area (Å²) in [5.41, 5.74) is 4.61.